The van der Waals surface area contributed by atoms with E-state index in [9.17, 15) is 0 Å². The number of ether oxygens (including phenoxy) is 1. The zero-order valence-corrected chi connectivity index (χ0v) is 11.9. The Morgan fingerprint density at radius 2 is 1.95 bits per heavy atom. The molecule has 0 radical (unpaired) electrons. The van der Waals surface area contributed by atoms with Gasteiger partial charge in [0.2, 0.25) is 0 Å². The Bertz CT molecular complexity index is 485. The molecule has 0 amide bonds. The number of benzene rings is 1. The standard InChI is InChI=1S/C16H21N3O/c1-2-3-4-11-20-16-7-5-14(6-8-16)19-13-15-12-17-9-10-18-15/h5-10,12,19H,2-4,11,13H2,1H3. The van der Waals surface area contributed by atoms with Crippen molar-refractivity contribution in [2.24, 2.45) is 0 Å². The summed E-state index contributed by atoms with van der Waals surface area (Å²) >= 11 is 0. The number of aromatic nitrogens is 2. The summed E-state index contributed by atoms with van der Waals surface area (Å²) in [5.41, 5.74) is 1.98. The third kappa shape index (κ3) is 4.88. The van der Waals surface area contributed by atoms with E-state index in [1.165, 1.54) is 12.8 Å². The summed E-state index contributed by atoms with van der Waals surface area (Å²) < 4.78 is 5.68. The Kier molecular flexibility index (Phi) is 5.83. The van der Waals surface area contributed by atoms with Gasteiger partial charge in [0.05, 0.1) is 25.0 Å². The highest BCUT2D eigenvalue weighted by molar-refractivity contribution is 5.46. The molecule has 2 rings (SSSR count). The van der Waals surface area contributed by atoms with Crippen molar-refractivity contribution in [2.45, 2.75) is 32.7 Å². The number of rotatable bonds is 8. The molecular weight excluding hydrogens is 250 g/mol. The van der Waals surface area contributed by atoms with Gasteiger partial charge in [0.25, 0.3) is 0 Å². The molecule has 1 heterocycles. The molecule has 0 atom stereocenters. The lowest BCUT2D eigenvalue weighted by atomic mass is 10.2. The van der Waals surface area contributed by atoms with Crippen LogP contribution in [-0.4, -0.2) is 16.6 Å². The maximum absolute atomic E-state index is 5.68. The van der Waals surface area contributed by atoms with Crippen molar-refractivity contribution >= 4 is 5.69 Å². The second kappa shape index (κ2) is 8.15. The quantitative estimate of drug-likeness (QED) is 0.744. The normalized spacial score (nSPS) is 10.2. The minimum absolute atomic E-state index is 0.671. The molecule has 20 heavy (non-hydrogen) atoms. The smallest absolute Gasteiger partial charge is 0.119 e. The monoisotopic (exact) mass is 271 g/mol. The molecule has 0 aliphatic rings. The van der Waals surface area contributed by atoms with E-state index in [0.717, 1.165) is 30.2 Å². The van der Waals surface area contributed by atoms with Gasteiger partial charge in [-0.25, -0.2) is 0 Å². The fourth-order valence-corrected chi connectivity index (χ4v) is 1.82. The molecule has 2 aromatic rings. The minimum Gasteiger partial charge on any atom is -0.494 e. The fourth-order valence-electron chi connectivity index (χ4n) is 1.82. The van der Waals surface area contributed by atoms with Crippen LogP contribution in [0.1, 0.15) is 31.9 Å². The number of hydrogen-bond donors (Lipinski definition) is 1. The average molecular weight is 271 g/mol. The average Bonchev–Trinajstić information content (AvgIpc) is 2.52. The number of unbranched alkanes of at least 4 members (excludes halogenated alkanes) is 2. The summed E-state index contributed by atoms with van der Waals surface area (Å²) in [5.74, 6) is 0.922. The Labute approximate surface area is 120 Å². The van der Waals surface area contributed by atoms with Crippen LogP contribution < -0.4 is 10.1 Å². The maximum Gasteiger partial charge on any atom is 0.119 e. The summed E-state index contributed by atoms with van der Waals surface area (Å²) in [6, 6.07) is 8.02. The van der Waals surface area contributed by atoms with E-state index in [0.29, 0.717) is 6.54 Å². The molecule has 1 aromatic heterocycles. The molecule has 106 valence electrons. The van der Waals surface area contributed by atoms with Crippen molar-refractivity contribution in [3.63, 3.8) is 0 Å². The van der Waals surface area contributed by atoms with Gasteiger partial charge < -0.3 is 10.1 Å². The molecule has 0 spiro atoms. The summed E-state index contributed by atoms with van der Waals surface area (Å²) in [7, 11) is 0. The van der Waals surface area contributed by atoms with Crippen molar-refractivity contribution in [1.29, 1.82) is 0 Å². The first-order valence-electron chi connectivity index (χ1n) is 7.10. The number of nitrogens with one attached hydrogen (secondary N) is 1. The summed E-state index contributed by atoms with van der Waals surface area (Å²) in [6.07, 6.45) is 8.69. The van der Waals surface area contributed by atoms with Crippen molar-refractivity contribution < 1.29 is 4.74 Å². The Morgan fingerprint density at radius 3 is 2.65 bits per heavy atom. The van der Waals surface area contributed by atoms with Crippen LogP contribution in [0.15, 0.2) is 42.9 Å². The third-order valence-corrected chi connectivity index (χ3v) is 2.96. The van der Waals surface area contributed by atoms with Crippen LogP contribution in [0.4, 0.5) is 5.69 Å². The van der Waals surface area contributed by atoms with Crippen LogP contribution in [0.5, 0.6) is 5.75 Å². The zero-order valence-electron chi connectivity index (χ0n) is 11.9. The van der Waals surface area contributed by atoms with Crippen LogP contribution in [0.3, 0.4) is 0 Å². The molecule has 4 heteroatoms. The molecule has 0 saturated heterocycles. The first-order chi connectivity index (χ1) is 9.88. The van der Waals surface area contributed by atoms with Gasteiger partial charge in [-0.15, -0.1) is 0 Å². The van der Waals surface area contributed by atoms with Gasteiger partial charge in [0.15, 0.2) is 0 Å². The van der Waals surface area contributed by atoms with E-state index in [1.807, 2.05) is 24.3 Å². The summed E-state index contributed by atoms with van der Waals surface area (Å²) in [4.78, 5) is 8.26. The van der Waals surface area contributed by atoms with E-state index in [4.69, 9.17) is 4.74 Å². The van der Waals surface area contributed by atoms with Gasteiger partial charge in [-0.05, 0) is 30.7 Å². The first kappa shape index (κ1) is 14.3. The Hall–Kier alpha value is -2.10. The van der Waals surface area contributed by atoms with Crippen LogP contribution in [-0.2, 0) is 6.54 Å². The molecule has 4 nitrogen and oxygen atoms in total. The van der Waals surface area contributed by atoms with Gasteiger partial charge >= 0.3 is 0 Å². The molecule has 0 bridgehead atoms. The van der Waals surface area contributed by atoms with Crippen LogP contribution in [0.2, 0.25) is 0 Å². The van der Waals surface area contributed by atoms with Gasteiger partial charge in [0, 0.05) is 18.1 Å². The van der Waals surface area contributed by atoms with E-state index in [-0.39, 0.29) is 0 Å². The molecule has 1 aromatic carbocycles. The van der Waals surface area contributed by atoms with E-state index in [2.05, 4.69) is 22.2 Å². The van der Waals surface area contributed by atoms with Gasteiger partial charge in [-0.2, -0.15) is 0 Å². The third-order valence-electron chi connectivity index (χ3n) is 2.96. The lowest BCUT2D eigenvalue weighted by molar-refractivity contribution is 0.306. The molecular formula is C16H21N3O. The lowest BCUT2D eigenvalue weighted by Crippen LogP contribution is -2.02. The lowest BCUT2D eigenvalue weighted by Gasteiger charge is -2.08. The Morgan fingerprint density at radius 1 is 1.10 bits per heavy atom. The highest BCUT2D eigenvalue weighted by Gasteiger charge is 1.97. The minimum atomic E-state index is 0.671. The van der Waals surface area contributed by atoms with Crippen LogP contribution in [0.25, 0.3) is 0 Å². The second-order valence-corrected chi connectivity index (χ2v) is 4.63. The predicted octanol–water partition coefficient (Wildman–Crippen LogP) is 3.66. The highest BCUT2D eigenvalue weighted by atomic mass is 16.5. The molecule has 0 saturated carbocycles. The van der Waals surface area contributed by atoms with E-state index < -0.39 is 0 Å². The number of anilines is 1. The Balaban J connectivity index is 1.76. The van der Waals surface area contributed by atoms with Crippen molar-refractivity contribution in [1.82, 2.24) is 9.97 Å². The van der Waals surface area contributed by atoms with Gasteiger partial charge in [-0.3, -0.25) is 9.97 Å². The summed E-state index contributed by atoms with van der Waals surface area (Å²) in [6.45, 7) is 3.66. The fraction of sp³-hybridized carbons (Fsp3) is 0.375. The molecule has 0 aliphatic heterocycles. The SMILES string of the molecule is CCCCCOc1ccc(NCc2cnccn2)cc1. The predicted molar refractivity (Wildman–Crippen MR) is 80.8 cm³/mol. The molecule has 0 fully saturated rings. The molecule has 0 unspecified atom stereocenters. The molecule has 0 aliphatic carbocycles. The number of hydrogen-bond acceptors (Lipinski definition) is 4. The zero-order chi connectivity index (χ0) is 14.0. The number of nitrogens with zero attached hydrogens (tertiary/aromatic N) is 2. The molecule has 1 N–H and O–H groups in total. The topological polar surface area (TPSA) is 47.0 Å². The summed E-state index contributed by atoms with van der Waals surface area (Å²) in [5, 5.41) is 3.31. The highest BCUT2D eigenvalue weighted by Crippen LogP contribution is 2.16. The van der Waals surface area contributed by atoms with Crippen LogP contribution in [0, 0.1) is 0 Å². The maximum atomic E-state index is 5.68. The van der Waals surface area contributed by atoms with E-state index in [1.54, 1.807) is 18.6 Å². The van der Waals surface area contributed by atoms with Crippen LogP contribution >= 0.6 is 0 Å². The first-order valence-corrected chi connectivity index (χ1v) is 7.10. The van der Waals surface area contributed by atoms with Crippen molar-refractivity contribution in [3.05, 3.63) is 48.5 Å². The second-order valence-electron chi connectivity index (χ2n) is 4.63. The van der Waals surface area contributed by atoms with E-state index >= 15 is 0 Å². The largest absolute Gasteiger partial charge is 0.494 e. The van der Waals surface area contributed by atoms with Crippen molar-refractivity contribution in [2.75, 3.05) is 11.9 Å². The van der Waals surface area contributed by atoms with Crippen molar-refractivity contribution in [3.8, 4) is 5.75 Å². The van der Waals surface area contributed by atoms with Gasteiger partial charge in [0.1, 0.15) is 5.75 Å². The van der Waals surface area contributed by atoms with Gasteiger partial charge in [-0.1, -0.05) is 19.8 Å².